The summed E-state index contributed by atoms with van der Waals surface area (Å²) in [6.45, 7) is -0.237. The van der Waals surface area contributed by atoms with Crippen LogP contribution in [0.5, 0.6) is 0 Å². The average Bonchev–Trinajstić information content (AvgIpc) is 2.34. The first-order valence-electron chi connectivity index (χ1n) is 5.19. The van der Waals surface area contributed by atoms with Crippen LogP contribution in [0, 0.1) is 0 Å². The molecule has 0 bridgehead atoms. The third-order valence-electron chi connectivity index (χ3n) is 2.32. The second-order valence-corrected chi connectivity index (χ2v) is 3.78. The Hall–Kier alpha value is -1.70. The van der Waals surface area contributed by atoms with Gasteiger partial charge in [-0.1, -0.05) is 24.3 Å². The average molecular weight is 282 g/mol. The summed E-state index contributed by atoms with van der Waals surface area (Å²) in [6, 6.07) is 6.21. The summed E-state index contributed by atoms with van der Waals surface area (Å²) in [5.41, 5.74) is 6.40. The van der Waals surface area contributed by atoms with E-state index in [4.69, 9.17) is 5.73 Å². The van der Waals surface area contributed by atoms with E-state index in [9.17, 15) is 26.7 Å². The molecule has 8 heteroatoms. The van der Waals surface area contributed by atoms with Crippen LogP contribution in [-0.2, 0) is 17.9 Å². The maximum absolute atomic E-state index is 12.6. The van der Waals surface area contributed by atoms with Crippen LogP contribution in [0.1, 0.15) is 11.1 Å². The van der Waals surface area contributed by atoms with Crippen molar-refractivity contribution in [2.24, 2.45) is 5.73 Å². The van der Waals surface area contributed by atoms with Gasteiger partial charge in [0.05, 0.1) is 0 Å². The highest BCUT2D eigenvalue weighted by molar-refractivity contribution is 5.84. The normalized spacial score (nSPS) is 12.3. The van der Waals surface area contributed by atoms with Gasteiger partial charge < -0.3 is 11.1 Å². The van der Waals surface area contributed by atoms with Gasteiger partial charge in [-0.15, -0.1) is 0 Å². The number of nitrogens with two attached hydrogens (primary N) is 1. The van der Waals surface area contributed by atoms with E-state index in [1.165, 1.54) is 12.1 Å². The number of alkyl halides is 5. The Morgan fingerprint density at radius 3 is 2.26 bits per heavy atom. The van der Waals surface area contributed by atoms with Crippen molar-refractivity contribution < 1.29 is 26.7 Å². The Balaban J connectivity index is 2.69. The van der Waals surface area contributed by atoms with Crippen molar-refractivity contribution in [3.8, 4) is 0 Å². The van der Waals surface area contributed by atoms with Gasteiger partial charge in [0.1, 0.15) is 0 Å². The zero-order valence-corrected chi connectivity index (χ0v) is 9.60. The summed E-state index contributed by atoms with van der Waals surface area (Å²) < 4.78 is 60.9. The SMILES string of the molecule is NCc1cccc(CNC(=O)C(F)(F)C(F)(F)F)c1. The second kappa shape index (κ2) is 5.52. The molecule has 0 heterocycles. The number of hydrogen-bond donors (Lipinski definition) is 2. The quantitative estimate of drug-likeness (QED) is 0.829. The molecule has 0 aromatic heterocycles. The highest BCUT2D eigenvalue weighted by atomic mass is 19.4. The van der Waals surface area contributed by atoms with E-state index in [0.717, 1.165) is 0 Å². The van der Waals surface area contributed by atoms with Gasteiger partial charge in [0.25, 0.3) is 0 Å². The van der Waals surface area contributed by atoms with Crippen molar-refractivity contribution in [3.63, 3.8) is 0 Å². The first-order chi connectivity index (χ1) is 8.68. The van der Waals surface area contributed by atoms with Crippen molar-refractivity contribution in [1.29, 1.82) is 0 Å². The van der Waals surface area contributed by atoms with Crippen LogP contribution >= 0.6 is 0 Å². The molecule has 0 atom stereocenters. The number of rotatable bonds is 4. The number of nitrogens with one attached hydrogen (secondary N) is 1. The molecular formula is C11H11F5N2O. The minimum Gasteiger partial charge on any atom is -0.346 e. The third-order valence-corrected chi connectivity index (χ3v) is 2.32. The van der Waals surface area contributed by atoms with Gasteiger partial charge in [-0.05, 0) is 11.1 Å². The maximum Gasteiger partial charge on any atom is 0.463 e. The molecule has 0 saturated heterocycles. The lowest BCUT2D eigenvalue weighted by molar-refractivity contribution is -0.269. The lowest BCUT2D eigenvalue weighted by Gasteiger charge is -2.18. The van der Waals surface area contributed by atoms with Gasteiger partial charge in [0.15, 0.2) is 0 Å². The van der Waals surface area contributed by atoms with Crippen LogP contribution < -0.4 is 11.1 Å². The molecule has 1 amide bonds. The van der Waals surface area contributed by atoms with Gasteiger partial charge in [-0.3, -0.25) is 4.79 Å². The van der Waals surface area contributed by atoms with Crippen LogP contribution in [0.25, 0.3) is 0 Å². The van der Waals surface area contributed by atoms with Crippen LogP contribution in [0.4, 0.5) is 22.0 Å². The fourth-order valence-electron chi connectivity index (χ4n) is 1.29. The molecular weight excluding hydrogens is 271 g/mol. The minimum atomic E-state index is -5.91. The maximum atomic E-state index is 12.6. The van der Waals surface area contributed by atoms with Crippen molar-refractivity contribution >= 4 is 5.91 Å². The van der Waals surface area contributed by atoms with E-state index in [1.807, 2.05) is 0 Å². The van der Waals surface area contributed by atoms with E-state index >= 15 is 0 Å². The Bertz CT molecular complexity index is 459. The van der Waals surface area contributed by atoms with Gasteiger partial charge in [0.2, 0.25) is 0 Å². The van der Waals surface area contributed by atoms with Crippen molar-refractivity contribution in [2.75, 3.05) is 0 Å². The molecule has 19 heavy (non-hydrogen) atoms. The van der Waals surface area contributed by atoms with Gasteiger partial charge in [0, 0.05) is 13.1 Å². The Kier molecular flexibility index (Phi) is 4.46. The van der Waals surface area contributed by atoms with Crippen LogP contribution in [0.15, 0.2) is 24.3 Å². The molecule has 3 nitrogen and oxygen atoms in total. The summed E-state index contributed by atoms with van der Waals surface area (Å²) in [5.74, 6) is -7.78. The highest BCUT2D eigenvalue weighted by Gasteiger charge is 2.63. The molecule has 1 rings (SSSR count). The van der Waals surface area contributed by atoms with Crippen molar-refractivity contribution in [3.05, 3.63) is 35.4 Å². The van der Waals surface area contributed by atoms with Gasteiger partial charge in [-0.25, -0.2) is 0 Å². The lowest BCUT2D eigenvalue weighted by atomic mass is 10.1. The zero-order chi connectivity index (χ0) is 14.7. The van der Waals surface area contributed by atoms with Gasteiger partial charge >= 0.3 is 18.0 Å². The standard InChI is InChI=1S/C11H11F5N2O/c12-10(13,11(14,15)16)9(19)18-6-8-3-1-2-7(4-8)5-17/h1-4H,5-6,17H2,(H,18,19). The molecule has 0 saturated carbocycles. The summed E-state index contributed by atoms with van der Waals surface area (Å²) >= 11 is 0. The fraction of sp³-hybridized carbons (Fsp3) is 0.364. The topological polar surface area (TPSA) is 55.1 Å². The predicted octanol–water partition coefficient (Wildman–Crippen LogP) is 1.96. The molecule has 0 spiro atoms. The molecule has 1 aromatic rings. The van der Waals surface area contributed by atoms with E-state index in [-0.39, 0.29) is 6.54 Å². The summed E-state index contributed by atoms with van der Waals surface area (Å²) in [6.07, 6.45) is -5.91. The third kappa shape index (κ3) is 3.63. The molecule has 0 aliphatic carbocycles. The number of carbonyl (C=O) groups excluding carboxylic acids is 1. The van der Waals surface area contributed by atoms with Crippen LogP contribution in [0.3, 0.4) is 0 Å². The molecule has 3 N–H and O–H groups in total. The van der Waals surface area contributed by atoms with E-state index < -0.39 is 24.6 Å². The molecule has 106 valence electrons. The number of hydrogen-bond acceptors (Lipinski definition) is 2. The molecule has 0 radical (unpaired) electrons. The molecule has 1 aromatic carbocycles. The fourth-order valence-corrected chi connectivity index (χ4v) is 1.29. The zero-order valence-electron chi connectivity index (χ0n) is 9.60. The van der Waals surface area contributed by atoms with Crippen molar-refractivity contribution in [2.45, 2.75) is 25.2 Å². The minimum absolute atomic E-state index is 0.195. The van der Waals surface area contributed by atoms with Crippen LogP contribution in [-0.4, -0.2) is 18.0 Å². The monoisotopic (exact) mass is 282 g/mol. The number of halogens is 5. The Labute approximate surface area is 105 Å². The molecule has 0 aliphatic rings. The second-order valence-electron chi connectivity index (χ2n) is 3.78. The van der Waals surface area contributed by atoms with E-state index in [1.54, 1.807) is 17.4 Å². The first kappa shape index (κ1) is 15.4. The predicted molar refractivity (Wildman–Crippen MR) is 57.2 cm³/mol. The van der Waals surface area contributed by atoms with E-state index in [2.05, 4.69) is 0 Å². The summed E-state index contributed by atoms with van der Waals surface area (Å²) in [7, 11) is 0. The lowest BCUT2D eigenvalue weighted by Crippen LogP contribution is -2.50. The molecule has 0 fully saturated rings. The first-order valence-corrected chi connectivity index (χ1v) is 5.19. The van der Waals surface area contributed by atoms with Gasteiger partial charge in [-0.2, -0.15) is 22.0 Å². The smallest absolute Gasteiger partial charge is 0.346 e. The number of carbonyl (C=O) groups is 1. The Morgan fingerprint density at radius 1 is 1.16 bits per heavy atom. The molecule has 0 aliphatic heterocycles. The molecule has 0 unspecified atom stereocenters. The largest absolute Gasteiger partial charge is 0.463 e. The number of amides is 1. The van der Waals surface area contributed by atoms with Crippen molar-refractivity contribution in [1.82, 2.24) is 5.32 Å². The highest BCUT2D eigenvalue weighted by Crippen LogP contribution is 2.35. The Morgan fingerprint density at radius 2 is 1.74 bits per heavy atom. The van der Waals surface area contributed by atoms with Crippen LogP contribution in [0.2, 0.25) is 0 Å². The van der Waals surface area contributed by atoms with E-state index in [0.29, 0.717) is 11.1 Å². The summed E-state index contributed by atoms with van der Waals surface area (Å²) in [5, 5.41) is 1.55. The number of benzene rings is 1. The summed E-state index contributed by atoms with van der Waals surface area (Å²) in [4.78, 5) is 10.8.